The zero-order valence-electron chi connectivity index (χ0n) is 14.6. The highest BCUT2D eigenvalue weighted by Crippen LogP contribution is 2.23. The van der Waals surface area contributed by atoms with Crippen LogP contribution in [0.25, 0.3) is 11.5 Å². The molecule has 3 aromatic rings. The van der Waals surface area contributed by atoms with Crippen LogP contribution in [0.5, 0.6) is 0 Å². The summed E-state index contributed by atoms with van der Waals surface area (Å²) in [4.78, 5) is 26.5. The second kappa shape index (κ2) is 7.61. The zero-order valence-corrected chi connectivity index (χ0v) is 14.6. The van der Waals surface area contributed by atoms with Gasteiger partial charge in [-0.05, 0) is 49.1 Å². The van der Waals surface area contributed by atoms with E-state index in [1.807, 2.05) is 4.90 Å². The average molecular weight is 367 g/mol. The highest BCUT2D eigenvalue weighted by atomic mass is 19.1. The zero-order chi connectivity index (χ0) is 18.6. The Morgan fingerprint density at radius 3 is 2.89 bits per heavy atom. The Kier molecular flexibility index (Phi) is 4.86. The predicted molar refractivity (Wildman–Crippen MR) is 94.1 cm³/mol. The molecule has 7 nitrogen and oxygen atoms in total. The Bertz CT molecular complexity index is 913. The van der Waals surface area contributed by atoms with E-state index in [0.29, 0.717) is 41.9 Å². The van der Waals surface area contributed by atoms with E-state index < -0.39 is 0 Å². The number of nitrogens with zero attached hydrogens (tertiary/aromatic N) is 5. The van der Waals surface area contributed by atoms with Crippen LogP contribution in [0, 0.1) is 11.7 Å². The van der Waals surface area contributed by atoms with Crippen molar-refractivity contribution in [3.05, 3.63) is 60.2 Å². The molecule has 0 N–H and O–H groups in total. The molecule has 1 aliphatic heterocycles. The summed E-state index contributed by atoms with van der Waals surface area (Å²) in [5.74, 6) is 1.04. The molecule has 0 aliphatic carbocycles. The summed E-state index contributed by atoms with van der Waals surface area (Å²) >= 11 is 0. The maximum absolute atomic E-state index is 13.0. The summed E-state index contributed by atoms with van der Waals surface area (Å²) in [7, 11) is 0. The van der Waals surface area contributed by atoms with E-state index >= 15 is 0 Å². The number of benzene rings is 1. The van der Waals surface area contributed by atoms with Crippen molar-refractivity contribution in [1.82, 2.24) is 25.0 Å². The fourth-order valence-electron chi connectivity index (χ4n) is 3.23. The summed E-state index contributed by atoms with van der Waals surface area (Å²) in [6.07, 6.45) is 5.44. The third-order valence-corrected chi connectivity index (χ3v) is 4.71. The van der Waals surface area contributed by atoms with Gasteiger partial charge in [-0.1, -0.05) is 5.16 Å². The van der Waals surface area contributed by atoms with Crippen LogP contribution >= 0.6 is 0 Å². The first kappa shape index (κ1) is 17.3. The molecule has 0 saturated carbocycles. The van der Waals surface area contributed by atoms with Crippen LogP contribution in [0.1, 0.15) is 29.2 Å². The lowest BCUT2D eigenvalue weighted by molar-refractivity contribution is 0.0780. The van der Waals surface area contributed by atoms with Crippen molar-refractivity contribution in [3.63, 3.8) is 0 Å². The average Bonchev–Trinajstić information content (AvgIpc) is 3.37. The normalized spacial score (nSPS) is 16.6. The fraction of sp³-hybridized carbons (Fsp3) is 0.316. The van der Waals surface area contributed by atoms with Gasteiger partial charge in [-0.2, -0.15) is 4.98 Å². The second-order valence-electron chi connectivity index (χ2n) is 6.56. The van der Waals surface area contributed by atoms with Gasteiger partial charge in [-0.25, -0.2) is 14.4 Å². The molecule has 1 unspecified atom stereocenters. The number of likely N-dealkylation sites (tertiary alicyclic amines) is 1. The first-order chi connectivity index (χ1) is 13.2. The van der Waals surface area contributed by atoms with Crippen LogP contribution in [0.15, 0.2) is 47.4 Å². The van der Waals surface area contributed by atoms with Gasteiger partial charge in [0.25, 0.3) is 11.8 Å². The molecule has 0 radical (unpaired) electrons. The van der Waals surface area contributed by atoms with Crippen LogP contribution in [0.4, 0.5) is 4.39 Å². The number of carbonyl (C=O) groups excluding carboxylic acids is 1. The molecule has 1 saturated heterocycles. The quantitative estimate of drug-likeness (QED) is 0.689. The van der Waals surface area contributed by atoms with Gasteiger partial charge in [0.15, 0.2) is 5.82 Å². The maximum Gasteiger partial charge on any atom is 0.272 e. The van der Waals surface area contributed by atoms with Gasteiger partial charge in [0.2, 0.25) is 0 Å². The molecule has 1 fully saturated rings. The number of hydrogen-bond acceptors (Lipinski definition) is 6. The number of amides is 1. The highest BCUT2D eigenvalue weighted by molar-refractivity contribution is 5.92. The van der Waals surface area contributed by atoms with Crippen molar-refractivity contribution >= 4 is 5.91 Å². The van der Waals surface area contributed by atoms with Crippen molar-refractivity contribution in [2.24, 2.45) is 5.92 Å². The number of rotatable bonds is 5. The predicted octanol–water partition coefficient (Wildman–Crippen LogP) is 2.76. The van der Waals surface area contributed by atoms with Crippen molar-refractivity contribution in [2.45, 2.75) is 19.3 Å². The number of aryl methyl sites for hydroxylation is 1. The smallest absolute Gasteiger partial charge is 0.272 e. The SMILES string of the molecule is O=C(c1ccncn1)N1CCC(CCc2noc(-c3ccc(F)cc3)n2)C1. The van der Waals surface area contributed by atoms with Gasteiger partial charge >= 0.3 is 0 Å². The van der Waals surface area contributed by atoms with Gasteiger partial charge < -0.3 is 9.42 Å². The molecule has 2 aromatic heterocycles. The summed E-state index contributed by atoms with van der Waals surface area (Å²) in [5.41, 5.74) is 1.12. The minimum Gasteiger partial charge on any atom is -0.337 e. The minimum absolute atomic E-state index is 0.0574. The molecule has 27 heavy (non-hydrogen) atoms. The van der Waals surface area contributed by atoms with E-state index in [0.717, 1.165) is 19.4 Å². The topological polar surface area (TPSA) is 85.0 Å². The largest absolute Gasteiger partial charge is 0.337 e. The summed E-state index contributed by atoms with van der Waals surface area (Å²) in [6.45, 7) is 1.42. The van der Waals surface area contributed by atoms with Crippen LogP contribution in [-0.4, -0.2) is 44.0 Å². The standard InChI is InChI=1S/C19H18FN5O2/c20-15-4-2-14(3-5-15)18-23-17(24-27-18)6-1-13-8-10-25(11-13)19(26)16-7-9-21-12-22-16/h2-5,7,9,12-13H,1,6,8,10-11H2. The van der Waals surface area contributed by atoms with E-state index in [2.05, 4.69) is 20.1 Å². The Hall–Kier alpha value is -3.16. The van der Waals surface area contributed by atoms with Crippen molar-refractivity contribution < 1.29 is 13.7 Å². The van der Waals surface area contributed by atoms with Gasteiger partial charge in [0.05, 0.1) is 0 Å². The molecule has 1 atom stereocenters. The minimum atomic E-state index is -0.305. The molecule has 8 heteroatoms. The molecule has 1 aromatic carbocycles. The Morgan fingerprint density at radius 1 is 1.26 bits per heavy atom. The third-order valence-electron chi connectivity index (χ3n) is 4.71. The first-order valence-corrected chi connectivity index (χ1v) is 8.83. The van der Waals surface area contributed by atoms with E-state index in [4.69, 9.17) is 4.52 Å². The lowest BCUT2D eigenvalue weighted by Crippen LogP contribution is -2.29. The molecular weight excluding hydrogens is 349 g/mol. The molecule has 3 heterocycles. The summed E-state index contributed by atoms with van der Waals surface area (Å²) in [6, 6.07) is 7.58. The van der Waals surface area contributed by atoms with E-state index in [-0.39, 0.29) is 11.7 Å². The van der Waals surface area contributed by atoms with E-state index in [9.17, 15) is 9.18 Å². The van der Waals surface area contributed by atoms with Gasteiger partial charge in [-0.3, -0.25) is 4.79 Å². The number of carbonyl (C=O) groups is 1. The molecule has 4 rings (SSSR count). The molecule has 0 bridgehead atoms. The van der Waals surface area contributed by atoms with E-state index in [1.54, 1.807) is 24.4 Å². The Balaban J connectivity index is 1.31. The monoisotopic (exact) mass is 367 g/mol. The van der Waals surface area contributed by atoms with Crippen LogP contribution in [-0.2, 0) is 6.42 Å². The molecule has 1 aliphatic rings. The number of hydrogen-bond donors (Lipinski definition) is 0. The Labute approximate surface area is 155 Å². The molecule has 138 valence electrons. The van der Waals surface area contributed by atoms with E-state index in [1.165, 1.54) is 18.5 Å². The van der Waals surface area contributed by atoms with Crippen molar-refractivity contribution in [3.8, 4) is 11.5 Å². The molecular formula is C19H18FN5O2. The molecule has 0 spiro atoms. The number of halogens is 1. The van der Waals surface area contributed by atoms with Crippen LogP contribution < -0.4 is 0 Å². The lowest BCUT2D eigenvalue weighted by Gasteiger charge is -2.15. The van der Waals surface area contributed by atoms with Gasteiger partial charge in [0.1, 0.15) is 17.8 Å². The summed E-state index contributed by atoms with van der Waals surface area (Å²) in [5, 5.41) is 4.00. The van der Waals surface area contributed by atoms with Crippen LogP contribution in [0.3, 0.4) is 0 Å². The maximum atomic E-state index is 13.0. The fourth-order valence-corrected chi connectivity index (χ4v) is 3.23. The van der Waals surface area contributed by atoms with Gasteiger partial charge in [0, 0.05) is 31.3 Å². The lowest BCUT2D eigenvalue weighted by atomic mass is 10.0. The number of aromatic nitrogens is 4. The highest BCUT2D eigenvalue weighted by Gasteiger charge is 2.27. The van der Waals surface area contributed by atoms with Gasteiger partial charge in [-0.15, -0.1) is 0 Å². The van der Waals surface area contributed by atoms with Crippen LogP contribution in [0.2, 0.25) is 0 Å². The Morgan fingerprint density at radius 2 is 2.11 bits per heavy atom. The third kappa shape index (κ3) is 3.99. The van der Waals surface area contributed by atoms with Crippen molar-refractivity contribution in [1.29, 1.82) is 0 Å². The summed E-state index contributed by atoms with van der Waals surface area (Å²) < 4.78 is 18.3. The first-order valence-electron chi connectivity index (χ1n) is 8.83. The second-order valence-corrected chi connectivity index (χ2v) is 6.56. The molecule has 1 amide bonds. The van der Waals surface area contributed by atoms with Crippen molar-refractivity contribution in [2.75, 3.05) is 13.1 Å².